The van der Waals surface area contributed by atoms with Crippen LogP contribution < -0.4 is 10.6 Å². The number of aromatic nitrogens is 2. The van der Waals surface area contributed by atoms with Gasteiger partial charge in [-0.2, -0.15) is 5.10 Å². The second kappa shape index (κ2) is 6.95. The second-order valence-corrected chi connectivity index (χ2v) is 8.00. The molecule has 2 amide bonds. The molecule has 1 aliphatic rings. The minimum atomic E-state index is -0.459. The Balaban J connectivity index is 1.86. The van der Waals surface area contributed by atoms with Crippen molar-refractivity contribution >= 4 is 23.6 Å². The van der Waals surface area contributed by atoms with Gasteiger partial charge in [-0.3, -0.25) is 14.3 Å². The molecule has 1 saturated heterocycles. The molecule has 0 unspecified atom stereocenters. The molecule has 0 radical (unpaired) electrons. The largest absolute Gasteiger partial charge is 0.354 e. The Labute approximate surface area is 141 Å². The van der Waals surface area contributed by atoms with E-state index in [1.54, 1.807) is 0 Å². The van der Waals surface area contributed by atoms with Crippen LogP contribution in [-0.2, 0) is 22.6 Å². The third-order valence-corrected chi connectivity index (χ3v) is 5.69. The SMILES string of the molecule is CCn1nc(C)c(CCNC(=O)[C@H]2CSC(C)(C)C(=O)N2)c1C. The van der Waals surface area contributed by atoms with Gasteiger partial charge in [0.25, 0.3) is 0 Å². The highest BCUT2D eigenvalue weighted by Gasteiger charge is 2.37. The average Bonchev–Trinajstić information content (AvgIpc) is 2.77. The second-order valence-electron chi connectivity index (χ2n) is 6.35. The minimum absolute atomic E-state index is 0.0789. The molecule has 2 N–H and O–H groups in total. The molecule has 0 aromatic carbocycles. The van der Waals surface area contributed by atoms with Gasteiger partial charge in [-0.25, -0.2) is 0 Å². The Morgan fingerprint density at radius 1 is 1.48 bits per heavy atom. The van der Waals surface area contributed by atoms with Crippen LogP contribution in [0.4, 0.5) is 0 Å². The number of thioether (sulfide) groups is 1. The monoisotopic (exact) mass is 338 g/mol. The lowest BCUT2D eigenvalue weighted by atomic mass is 10.1. The number of rotatable bonds is 5. The van der Waals surface area contributed by atoms with Crippen LogP contribution in [0.2, 0.25) is 0 Å². The predicted molar refractivity (Wildman–Crippen MR) is 92.6 cm³/mol. The molecule has 0 saturated carbocycles. The third kappa shape index (κ3) is 3.88. The van der Waals surface area contributed by atoms with Crippen LogP contribution >= 0.6 is 11.8 Å². The van der Waals surface area contributed by atoms with E-state index in [0.717, 1.165) is 24.4 Å². The highest BCUT2D eigenvalue weighted by Crippen LogP contribution is 2.28. The number of nitrogens with zero attached hydrogens (tertiary/aromatic N) is 2. The zero-order chi connectivity index (χ0) is 17.2. The van der Waals surface area contributed by atoms with Gasteiger partial charge in [0, 0.05) is 24.5 Å². The lowest BCUT2D eigenvalue weighted by Crippen LogP contribution is -2.57. The molecular formula is C16H26N4O2S. The molecule has 128 valence electrons. The summed E-state index contributed by atoms with van der Waals surface area (Å²) in [4.78, 5) is 24.1. The molecule has 1 aromatic heterocycles. The summed E-state index contributed by atoms with van der Waals surface area (Å²) in [7, 11) is 0. The van der Waals surface area contributed by atoms with Crippen molar-refractivity contribution in [2.75, 3.05) is 12.3 Å². The molecular weight excluding hydrogens is 312 g/mol. The molecule has 2 rings (SSSR count). The number of hydrogen-bond acceptors (Lipinski definition) is 4. The van der Waals surface area contributed by atoms with E-state index in [9.17, 15) is 9.59 Å². The third-order valence-electron chi connectivity index (χ3n) is 4.28. The molecule has 0 bridgehead atoms. The van der Waals surface area contributed by atoms with Crippen LogP contribution in [0.15, 0.2) is 0 Å². The zero-order valence-electron chi connectivity index (χ0n) is 14.5. The van der Waals surface area contributed by atoms with Gasteiger partial charge < -0.3 is 10.6 Å². The Morgan fingerprint density at radius 3 is 2.74 bits per heavy atom. The first-order valence-corrected chi connectivity index (χ1v) is 9.00. The maximum Gasteiger partial charge on any atom is 0.243 e. The summed E-state index contributed by atoms with van der Waals surface area (Å²) < 4.78 is 1.52. The predicted octanol–water partition coefficient (Wildman–Crippen LogP) is 1.19. The maximum absolute atomic E-state index is 12.2. The fourth-order valence-electron chi connectivity index (χ4n) is 2.71. The van der Waals surface area contributed by atoms with Crippen molar-refractivity contribution < 1.29 is 9.59 Å². The molecule has 7 heteroatoms. The molecule has 2 heterocycles. The Morgan fingerprint density at radius 2 is 2.17 bits per heavy atom. The molecule has 0 aliphatic carbocycles. The number of nitrogens with one attached hydrogen (secondary N) is 2. The van der Waals surface area contributed by atoms with Gasteiger partial charge in [-0.05, 0) is 46.6 Å². The Hall–Kier alpha value is -1.50. The van der Waals surface area contributed by atoms with E-state index in [0.29, 0.717) is 12.3 Å². The number of aryl methyl sites for hydroxylation is 2. The number of carbonyl (C=O) groups is 2. The molecule has 0 spiro atoms. The molecule has 1 fully saturated rings. The van der Waals surface area contributed by atoms with Crippen molar-refractivity contribution in [3.63, 3.8) is 0 Å². The van der Waals surface area contributed by atoms with Gasteiger partial charge in [0.1, 0.15) is 6.04 Å². The lowest BCUT2D eigenvalue weighted by molar-refractivity contribution is -0.129. The zero-order valence-corrected chi connectivity index (χ0v) is 15.3. The van der Waals surface area contributed by atoms with E-state index >= 15 is 0 Å². The molecule has 23 heavy (non-hydrogen) atoms. The van der Waals surface area contributed by atoms with Crippen molar-refractivity contribution in [2.24, 2.45) is 0 Å². The highest BCUT2D eigenvalue weighted by atomic mass is 32.2. The van der Waals surface area contributed by atoms with Crippen molar-refractivity contribution in [3.05, 3.63) is 17.0 Å². The van der Waals surface area contributed by atoms with E-state index in [2.05, 4.69) is 29.6 Å². The van der Waals surface area contributed by atoms with Crippen molar-refractivity contribution in [2.45, 2.75) is 58.4 Å². The van der Waals surface area contributed by atoms with Gasteiger partial charge >= 0.3 is 0 Å². The van der Waals surface area contributed by atoms with Gasteiger partial charge in [0.15, 0.2) is 0 Å². The Kier molecular flexibility index (Phi) is 5.39. The molecule has 1 aromatic rings. The lowest BCUT2D eigenvalue weighted by Gasteiger charge is -2.32. The van der Waals surface area contributed by atoms with E-state index in [4.69, 9.17) is 0 Å². The summed E-state index contributed by atoms with van der Waals surface area (Å²) in [5, 5.41) is 10.2. The summed E-state index contributed by atoms with van der Waals surface area (Å²) in [6.45, 7) is 11.3. The van der Waals surface area contributed by atoms with Crippen LogP contribution in [-0.4, -0.2) is 44.7 Å². The quantitative estimate of drug-likeness (QED) is 0.845. The van der Waals surface area contributed by atoms with Crippen molar-refractivity contribution in [1.29, 1.82) is 0 Å². The number of carbonyl (C=O) groups excluding carboxylic acids is 2. The fraction of sp³-hybridized carbons (Fsp3) is 0.688. The topological polar surface area (TPSA) is 76.0 Å². The number of hydrogen-bond donors (Lipinski definition) is 2. The standard InChI is InChI=1S/C16H26N4O2S/c1-6-20-11(3)12(10(2)19-20)7-8-17-14(21)13-9-23-16(4,5)15(22)18-13/h13H,6-9H2,1-5H3,(H,17,21)(H,18,22)/t13-/m1/s1. The van der Waals surface area contributed by atoms with Crippen molar-refractivity contribution in [3.8, 4) is 0 Å². The summed E-state index contributed by atoms with van der Waals surface area (Å²) in [5.74, 6) is 0.417. The van der Waals surface area contributed by atoms with Crippen LogP contribution in [0.1, 0.15) is 37.7 Å². The van der Waals surface area contributed by atoms with Gasteiger partial charge in [-0.1, -0.05) is 0 Å². The van der Waals surface area contributed by atoms with Gasteiger partial charge in [0.05, 0.1) is 10.4 Å². The fourth-order valence-corrected chi connectivity index (χ4v) is 3.72. The molecule has 6 nitrogen and oxygen atoms in total. The Bertz CT molecular complexity index is 609. The summed E-state index contributed by atoms with van der Waals surface area (Å²) in [6.07, 6.45) is 0.753. The normalized spacial score (nSPS) is 20.2. The summed E-state index contributed by atoms with van der Waals surface area (Å²) in [5.41, 5.74) is 3.36. The van der Waals surface area contributed by atoms with E-state index in [-0.39, 0.29) is 11.8 Å². The highest BCUT2D eigenvalue weighted by molar-refractivity contribution is 8.01. The first-order valence-electron chi connectivity index (χ1n) is 8.01. The molecule has 1 aliphatic heterocycles. The van der Waals surface area contributed by atoms with Crippen LogP contribution in [0, 0.1) is 13.8 Å². The average molecular weight is 338 g/mol. The first-order chi connectivity index (χ1) is 10.8. The summed E-state index contributed by atoms with van der Waals surface area (Å²) in [6, 6.07) is -0.443. The van der Waals surface area contributed by atoms with Crippen LogP contribution in [0.25, 0.3) is 0 Å². The van der Waals surface area contributed by atoms with E-state index in [1.807, 2.05) is 25.5 Å². The van der Waals surface area contributed by atoms with Gasteiger partial charge in [0.2, 0.25) is 11.8 Å². The molecule has 1 atom stereocenters. The van der Waals surface area contributed by atoms with Crippen LogP contribution in [0.5, 0.6) is 0 Å². The van der Waals surface area contributed by atoms with E-state index in [1.165, 1.54) is 17.3 Å². The maximum atomic E-state index is 12.2. The van der Waals surface area contributed by atoms with Crippen LogP contribution in [0.3, 0.4) is 0 Å². The minimum Gasteiger partial charge on any atom is -0.354 e. The summed E-state index contributed by atoms with van der Waals surface area (Å²) >= 11 is 1.52. The van der Waals surface area contributed by atoms with Crippen molar-refractivity contribution in [1.82, 2.24) is 20.4 Å². The number of amides is 2. The first kappa shape index (κ1) is 17.8. The van der Waals surface area contributed by atoms with E-state index < -0.39 is 10.8 Å². The van der Waals surface area contributed by atoms with Gasteiger partial charge in [-0.15, -0.1) is 11.8 Å². The smallest absolute Gasteiger partial charge is 0.243 e.